The molecule has 0 saturated heterocycles. The maximum atomic E-state index is 6.23. The Morgan fingerprint density at radius 1 is 1.35 bits per heavy atom. The molecule has 112 valence electrons. The summed E-state index contributed by atoms with van der Waals surface area (Å²) in [5, 5.41) is 3.42. The summed E-state index contributed by atoms with van der Waals surface area (Å²) in [4.78, 5) is 4.22. The first kappa shape index (κ1) is 15.3. The molecule has 1 aliphatic rings. The van der Waals surface area contributed by atoms with Crippen molar-refractivity contribution in [2.24, 2.45) is 5.41 Å². The molecule has 0 spiro atoms. The molecule has 1 fully saturated rings. The maximum Gasteiger partial charge on any atom is 0.127 e. The molecule has 1 heterocycles. The predicted octanol–water partition coefficient (Wildman–Crippen LogP) is 3.93. The normalized spacial score (nSPS) is 18.9. The van der Waals surface area contributed by atoms with E-state index in [0.29, 0.717) is 11.5 Å². The maximum absolute atomic E-state index is 6.23. The van der Waals surface area contributed by atoms with Crippen molar-refractivity contribution in [2.75, 3.05) is 6.54 Å². The van der Waals surface area contributed by atoms with Gasteiger partial charge in [0.1, 0.15) is 5.75 Å². The Morgan fingerprint density at radius 2 is 2.10 bits per heavy atom. The Labute approximate surface area is 123 Å². The first-order chi connectivity index (χ1) is 9.61. The molecule has 3 heteroatoms. The number of nitrogens with one attached hydrogen (secondary N) is 1. The molecule has 0 amide bonds. The second-order valence-corrected chi connectivity index (χ2v) is 6.64. The Morgan fingerprint density at radius 3 is 2.80 bits per heavy atom. The lowest BCUT2D eigenvalue weighted by Gasteiger charge is -2.34. The van der Waals surface area contributed by atoms with E-state index in [1.165, 1.54) is 18.4 Å². The smallest absolute Gasteiger partial charge is 0.127 e. The van der Waals surface area contributed by atoms with Crippen LogP contribution in [-0.2, 0) is 6.54 Å². The van der Waals surface area contributed by atoms with Crippen LogP contribution in [0, 0.1) is 5.41 Å². The van der Waals surface area contributed by atoms with Gasteiger partial charge in [-0.05, 0) is 50.1 Å². The van der Waals surface area contributed by atoms with Crippen LogP contribution in [0.4, 0.5) is 0 Å². The monoisotopic (exact) mass is 276 g/mol. The Hall–Kier alpha value is -1.09. The summed E-state index contributed by atoms with van der Waals surface area (Å²) in [5.74, 6) is 1.01. The van der Waals surface area contributed by atoms with Crippen LogP contribution in [-0.4, -0.2) is 17.6 Å². The van der Waals surface area contributed by atoms with Gasteiger partial charge in [0.2, 0.25) is 0 Å². The van der Waals surface area contributed by atoms with Crippen LogP contribution in [0.5, 0.6) is 5.75 Å². The topological polar surface area (TPSA) is 34.2 Å². The minimum Gasteiger partial charge on any atom is -0.490 e. The quantitative estimate of drug-likeness (QED) is 0.799. The van der Waals surface area contributed by atoms with E-state index < -0.39 is 0 Å². The molecule has 0 unspecified atom stereocenters. The lowest BCUT2D eigenvalue weighted by Crippen LogP contribution is -2.28. The highest BCUT2D eigenvalue weighted by atomic mass is 16.5. The standard InChI is InChI=1S/C17H28N2O/c1-4-10-18-12-14-13-19-11-7-16(14)20-15-5-8-17(2,3)9-6-15/h7,11,13,15,18H,4-6,8-10,12H2,1-3H3. The molecule has 3 nitrogen and oxygen atoms in total. The summed E-state index contributed by atoms with van der Waals surface area (Å²) in [6, 6.07) is 2.00. The van der Waals surface area contributed by atoms with Crippen molar-refractivity contribution in [3.8, 4) is 5.75 Å². The number of nitrogens with zero attached hydrogens (tertiary/aromatic N) is 1. The van der Waals surface area contributed by atoms with Crippen LogP contribution >= 0.6 is 0 Å². The fourth-order valence-corrected chi connectivity index (χ4v) is 2.73. The molecule has 1 aromatic rings. The fraction of sp³-hybridized carbons (Fsp3) is 0.706. The Balaban J connectivity index is 1.92. The highest BCUT2D eigenvalue weighted by Crippen LogP contribution is 2.36. The summed E-state index contributed by atoms with van der Waals surface area (Å²) in [6.07, 6.45) is 10.1. The van der Waals surface area contributed by atoms with Gasteiger partial charge >= 0.3 is 0 Å². The van der Waals surface area contributed by atoms with Crippen molar-refractivity contribution < 1.29 is 4.74 Å². The highest BCUT2D eigenvalue weighted by Gasteiger charge is 2.28. The van der Waals surface area contributed by atoms with Crippen LogP contribution < -0.4 is 10.1 Å². The minimum absolute atomic E-state index is 0.371. The van der Waals surface area contributed by atoms with Crippen LogP contribution in [0.15, 0.2) is 18.5 Å². The number of ether oxygens (including phenoxy) is 1. The van der Waals surface area contributed by atoms with Gasteiger partial charge in [-0.25, -0.2) is 0 Å². The zero-order valence-electron chi connectivity index (χ0n) is 13.1. The van der Waals surface area contributed by atoms with Gasteiger partial charge in [0.25, 0.3) is 0 Å². The molecule has 0 aliphatic heterocycles. The molecule has 1 saturated carbocycles. The third-order valence-electron chi connectivity index (χ3n) is 4.18. The number of rotatable bonds is 6. The molecule has 1 aliphatic carbocycles. The van der Waals surface area contributed by atoms with E-state index in [9.17, 15) is 0 Å². The van der Waals surface area contributed by atoms with E-state index in [1.807, 2.05) is 18.5 Å². The number of hydrogen-bond donors (Lipinski definition) is 1. The van der Waals surface area contributed by atoms with Gasteiger partial charge in [0.05, 0.1) is 6.10 Å². The Bertz CT molecular complexity index is 407. The lowest BCUT2D eigenvalue weighted by atomic mass is 9.76. The molecule has 1 aromatic heterocycles. The Kier molecular flexibility index (Phi) is 5.41. The summed E-state index contributed by atoms with van der Waals surface area (Å²) in [7, 11) is 0. The first-order valence-corrected chi connectivity index (χ1v) is 7.91. The average molecular weight is 276 g/mol. The van der Waals surface area contributed by atoms with Gasteiger partial charge in [-0.2, -0.15) is 0 Å². The zero-order valence-corrected chi connectivity index (χ0v) is 13.1. The second-order valence-electron chi connectivity index (χ2n) is 6.64. The van der Waals surface area contributed by atoms with Crippen LogP contribution in [0.1, 0.15) is 58.4 Å². The van der Waals surface area contributed by atoms with Gasteiger partial charge in [0, 0.05) is 24.5 Å². The van der Waals surface area contributed by atoms with E-state index in [0.717, 1.165) is 38.1 Å². The number of hydrogen-bond acceptors (Lipinski definition) is 3. The van der Waals surface area contributed by atoms with Gasteiger partial charge in [-0.1, -0.05) is 20.8 Å². The molecule has 0 bridgehead atoms. The van der Waals surface area contributed by atoms with Crippen molar-refractivity contribution in [1.29, 1.82) is 0 Å². The third-order valence-corrected chi connectivity index (χ3v) is 4.18. The predicted molar refractivity (Wildman–Crippen MR) is 82.9 cm³/mol. The molecule has 20 heavy (non-hydrogen) atoms. The lowest BCUT2D eigenvalue weighted by molar-refractivity contribution is 0.0977. The summed E-state index contributed by atoms with van der Waals surface area (Å²) >= 11 is 0. The van der Waals surface area contributed by atoms with Crippen molar-refractivity contribution in [2.45, 2.75) is 65.5 Å². The van der Waals surface area contributed by atoms with Gasteiger partial charge in [-0.15, -0.1) is 0 Å². The van der Waals surface area contributed by atoms with Crippen LogP contribution in [0.2, 0.25) is 0 Å². The van der Waals surface area contributed by atoms with Crippen molar-refractivity contribution in [3.05, 3.63) is 24.0 Å². The highest BCUT2D eigenvalue weighted by molar-refractivity contribution is 5.30. The average Bonchev–Trinajstić information content (AvgIpc) is 2.43. The van der Waals surface area contributed by atoms with E-state index in [1.54, 1.807) is 0 Å². The van der Waals surface area contributed by atoms with Crippen molar-refractivity contribution in [1.82, 2.24) is 10.3 Å². The molecule has 1 N–H and O–H groups in total. The van der Waals surface area contributed by atoms with E-state index in [2.05, 4.69) is 31.1 Å². The third kappa shape index (κ3) is 4.48. The largest absolute Gasteiger partial charge is 0.490 e. The molecule has 2 rings (SSSR count). The SMILES string of the molecule is CCCNCc1cnccc1OC1CCC(C)(C)CC1. The molecular formula is C17H28N2O. The minimum atomic E-state index is 0.371. The summed E-state index contributed by atoms with van der Waals surface area (Å²) < 4.78 is 6.23. The van der Waals surface area contributed by atoms with E-state index in [4.69, 9.17) is 4.74 Å². The first-order valence-electron chi connectivity index (χ1n) is 7.91. The molecule has 0 radical (unpaired) electrons. The molecule has 0 atom stereocenters. The van der Waals surface area contributed by atoms with E-state index >= 15 is 0 Å². The van der Waals surface area contributed by atoms with E-state index in [-0.39, 0.29) is 0 Å². The van der Waals surface area contributed by atoms with Crippen molar-refractivity contribution in [3.63, 3.8) is 0 Å². The van der Waals surface area contributed by atoms with Crippen LogP contribution in [0.3, 0.4) is 0 Å². The number of aromatic nitrogens is 1. The summed E-state index contributed by atoms with van der Waals surface area (Å²) in [5.41, 5.74) is 1.66. The van der Waals surface area contributed by atoms with Crippen LogP contribution in [0.25, 0.3) is 0 Å². The zero-order chi connectivity index (χ0) is 14.4. The van der Waals surface area contributed by atoms with Crippen molar-refractivity contribution >= 4 is 0 Å². The second kappa shape index (κ2) is 7.07. The molecular weight excluding hydrogens is 248 g/mol. The van der Waals surface area contributed by atoms with Gasteiger partial charge in [-0.3, -0.25) is 4.98 Å². The van der Waals surface area contributed by atoms with Gasteiger partial charge in [0.15, 0.2) is 0 Å². The fourth-order valence-electron chi connectivity index (χ4n) is 2.73. The number of pyridine rings is 1. The summed E-state index contributed by atoms with van der Waals surface area (Å²) in [6.45, 7) is 8.77. The van der Waals surface area contributed by atoms with Gasteiger partial charge < -0.3 is 10.1 Å². The molecule has 0 aromatic carbocycles.